The van der Waals surface area contributed by atoms with Gasteiger partial charge in [-0.1, -0.05) is 5.16 Å². The summed E-state index contributed by atoms with van der Waals surface area (Å²) in [5, 5.41) is 20.8. The van der Waals surface area contributed by atoms with Crippen LogP contribution in [-0.2, 0) is 7.05 Å². The van der Waals surface area contributed by atoms with Gasteiger partial charge in [0.2, 0.25) is 5.82 Å². The molecule has 27 heavy (non-hydrogen) atoms. The number of nitrogens with one attached hydrogen (secondary N) is 1. The number of aromatic nitrogens is 4. The monoisotopic (exact) mass is 378 g/mol. The minimum Gasteiger partial charge on any atom is -0.467 e. The van der Waals surface area contributed by atoms with Gasteiger partial charge in [0.25, 0.3) is 11.8 Å². The van der Waals surface area contributed by atoms with E-state index in [1.807, 2.05) is 0 Å². The Labute approximate surface area is 155 Å². The van der Waals surface area contributed by atoms with Gasteiger partial charge in [0.15, 0.2) is 0 Å². The fourth-order valence-electron chi connectivity index (χ4n) is 3.19. The maximum atomic E-state index is 12.7. The van der Waals surface area contributed by atoms with Crippen LogP contribution in [0, 0.1) is 13.8 Å². The summed E-state index contributed by atoms with van der Waals surface area (Å²) in [6.45, 7) is 3.69. The molecule has 11 heteroatoms. The molecule has 1 saturated heterocycles. The highest BCUT2D eigenvalue weighted by Crippen LogP contribution is 2.17. The maximum Gasteiger partial charge on any atom is 0.314 e. The van der Waals surface area contributed by atoms with E-state index >= 15 is 0 Å². The number of hydrogen-bond donors (Lipinski definition) is 2. The zero-order chi connectivity index (χ0) is 19.7. The summed E-state index contributed by atoms with van der Waals surface area (Å²) in [7, 11) is 3.05. The molecule has 0 unspecified atom stereocenters. The Bertz CT molecular complexity index is 840. The van der Waals surface area contributed by atoms with Crippen LogP contribution in [0.15, 0.2) is 4.52 Å². The van der Waals surface area contributed by atoms with Gasteiger partial charge in [0, 0.05) is 26.2 Å². The van der Waals surface area contributed by atoms with Crippen molar-refractivity contribution in [2.45, 2.75) is 32.4 Å². The van der Waals surface area contributed by atoms with Crippen LogP contribution in [-0.4, -0.2) is 74.1 Å². The molecule has 1 aliphatic heterocycles. The highest BCUT2D eigenvalue weighted by atomic mass is 16.5. The minimum atomic E-state index is -0.775. The Morgan fingerprint density at radius 2 is 2.07 bits per heavy atom. The Balaban J connectivity index is 1.72. The number of hydrogen-bond acceptors (Lipinski definition) is 8. The van der Waals surface area contributed by atoms with Gasteiger partial charge in [0.1, 0.15) is 11.3 Å². The number of aliphatic hydroxyl groups is 1. The average Bonchev–Trinajstić information content (AvgIpc) is 3.15. The lowest BCUT2D eigenvalue weighted by Crippen LogP contribution is -2.54. The van der Waals surface area contributed by atoms with Crippen molar-refractivity contribution in [1.29, 1.82) is 0 Å². The predicted octanol–water partition coefficient (Wildman–Crippen LogP) is -0.566. The number of aryl methyl sites for hydroxylation is 3. The number of rotatable bonds is 4. The van der Waals surface area contributed by atoms with E-state index in [2.05, 4.69) is 20.6 Å². The number of amides is 2. The molecule has 0 bridgehead atoms. The maximum absolute atomic E-state index is 12.7. The molecule has 11 nitrogen and oxygen atoms in total. The van der Waals surface area contributed by atoms with Crippen LogP contribution in [0.3, 0.4) is 0 Å². The van der Waals surface area contributed by atoms with Crippen LogP contribution in [0.4, 0.5) is 0 Å². The number of carbonyl (C=O) groups is 2. The summed E-state index contributed by atoms with van der Waals surface area (Å²) in [6.07, 6.45) is -0.444. The SMILES string of the molecule is COc1nc(C(=O)N2C[C@H](O)C[C@H](NC(=O)c3c(C)noc3C)C2)nn1C. The fraction of sp³-hybridized carbons (Fsp3) is 0.562. The number of nitrogens with zero attached hydrogens (tertiary/aromatic N) is 5. The lowest BCUT2D eigenvalue weighted by atomic mass is 10.0. The van der Waals surface area contributed by atoms with Crippen molar-refractivity contribution in [3.63, 3.8) is 0 Å². The molecule has 146 valence electrons. The van der Waals surface area contributed by atoms with Crippen LogP contribution >= 0.6 is 0 Å². The quantitative estimate of drug-likeness (QED) is 0.722. The third-order valence-electron chi connectivity index (χ3n) is 4.41. The molecule has 2 aromatic rings. The first kappa shape index (κ1) is 18.8. The van der Waals surface area contributed by atoms with Gasteiger partial charge in [-0.3, -0.25) is 9.59 Å². The minimum absolute atomic E-state index is 0.0285. The normalized spacial score (nSPS) is 19.8. The van der Waals surface area contributed by atoms with Gasteiger partial charge in [-0.2, -0.15) is 4.98 Å². The summed E-state index contributed by atoms with van der Waals surface area (Å²) in [5.41, 5.74) is 0.850. The van der Waals surface area contributed by atoms with E-state index in [9.17, 15) is 14.7 Å². The smallest absolute Gasteiger partial charge is 0.314 e. The number of aliphatic hydroxyl groups excluding tert-OH is 1. The van der Waals surface area contributed by atoms with E-state index in [1.165, 1.54) is 16.7 Å². The summed E-state index contributed by atoms with van der Waals surface area (Å²) in [4.78, 5) is 30.6. The molecule has 1 fully saturated rings. The largest absolute Gasteiger partial charge is 0.467 e. The summed E-state index contributed by atoms with van der Waals surface area (Å²) in [6, 6.07) is -0.219. The number of β-amino-alcohol motifs (C(OH)–C–C–N with tert-alkyl or cyclic N) is 1. The van der Waals surface area contributed by atoms with E-state index < -0.39 is 18.1 Å². The highest BCUT2D eigenvalue weighted by Gasteiger charge is 2.33. The first-order chi connectivity index (χ1) is 12.8. The number of piperidine rings is 1. The number of carbonyl (C=O) groups excluding carboxylic acids is 2. The van der Waals surface area contributed by atoms with Crippen molar-refractivity contribution >= 4 is 11.8 Å². The van der Waals surface area contributed by atoms with Crippen molar-refractivity contribution < 1.29 is 24.0 Å². The first-order valence-corrected chi connectivity index (χ1v) is 8.46. The molecule has 0 aliphatic carbocycles. The molecule has 1 aliphatic rings. The number of likely N-dealkylation sites (tertiary alicyclic amines) is 1. The molecule has 0 aromatic carbocycles. The van der Waals surface area contributed by atoms with Crippen LogP contribution in [0.2, 0.25) is 0 Å². The molecule has 2 amide bonds. The van der Waals surface area contributed by atoms with Gasteiger partial charge in [-0.25, -0.2) is 4.68 Å². The van der Waals surface area contributed by atoms with Gasteiger partial charge in [-0.05, 0) is 20.3 Å². The topological polar surface area (TPSA) is 136 Å². The summed E-state index contributed by atoms with van der Waals surface area (Å²) in [5.74, 6) is -0.405. The Hall–Kier alpha value is -2.95. The van der Waals surface area contributed by atoms with E-state index in [4.69, 9.17) is 9.26 Å². The second kappa shape index (κ2) is 7.35. The Morgan fingerprint density at radius 3 is 2.67 bits per heavy atom. The van der Waals surface area contributed by atoms with Gasteiger partial charge < -0.3 is 24.6 Å². The van der Waals surface area contributed by atoms with Gasteiger partial charge in [-0.15, -0.1) is 5.10 Å². The number of methoxy groups -OCH3 is 1. The molecule has 2 atom stereocenters. The lowest BCUT2D eigenvalue weighted by molar-refractivity contribution is 0.0362. The van der Waals surface area contributed by atoms with Crippen LogP contribution in [0.1, 0.15) is 38.9 Å². The molecule has 0 spiro atoms. The van der Waals surface area contributed by atoms with E-state index in [0.29, 0.717) is 23.4 Å². The van der Waals surface area contributed by atoms with Crippen molar-refractivity contribution in [2.75, 3.05) is 20.2 Å². The molecule has 3 rings (SSSR count). The molecule has 2 N–H and O–H groups in total. The molecular weight excluding hydrogens is 356 g/mol. The molecule has 3 heterocycles. The average molecular weight is 378 g/mol. The van der Waals surface area contributed by atoms with E-state index in [0.717, 1.165) is 0 Å². The number of ether oxygens (including phenoxy) is 1. The standard InChI is InChI=1S/C16H22N6O5/c1-8-12(9(2)27-20-8)14(24)17-10-5-11(23)7-22(6-10)15(25)13-18-16(26-4)21(3)19-13/h10-11,23H,5-7H2,1-4H3,(H,17,24)/t10-,11+/m0/s1. The van der Waals surface area contributed by atoms with Crippen molar-refractivity contribution in [3.8, 4) is 6.01 Å². The second-order valence-electron chi connectivity index (χ2n) is 6.51. The van der Waals surface area contributed by atoms with Crippen LogP contribution < -0.4 is 10.1 Å². The van der Waals surface area contributed by atoms with E-state index in [1.54, 1.807) is 20.9 Å². The summed E-state index contributed by atoms with van der Waals surface area (Å²) >= 11 is 0. The van der Waals surface area contributed by atoms with Gasteiger partial charge in [0.05, 0.1) is 18.9 Å². The second-order valence-corrected chi connectivity index (χ2v) is 6.51. The Kier molecular flexibility index (Phi) is 5.13. The van der Waals surface area contributed by atoms with Crippen LogP contribution in [0.25, 0.3) is 0 Å². The van der Waals surface area contributed by atoms with Crippen LogP contribution in [0.5, 0.6) is 6.01 Å². The Morgan fingerprint density at radius 1 is 1.33 bits per heavy atom. The molecule has 0 saturated carbocycles. The molecule has 2 aromatic heterocycles. The lowest BCUT2D eigenvalue weighted by Gasteiger charge is -2.35. The van der Waals surface area contributed by atoms with Crippen molar-refractivity contribution in [1.82, 2.24) is 30.1 Å². The third-order valence-corrected chi connectivity index (χ3v) is 4.41. The third kappa shape index (κ3) is 3.77. The zero-order valence-electron chi connectivity index (χ0n) is 15.6. The van der Waals surface area contributed by atoms with Gasteiger partial charge >= 0.3 is 6.01 Å². The highest BCUT2D eigenvalue weighted by molar-refractivity contribution is 5.96. The molecule has 0 radical (unpaired) electrons. The zero-order valence-corrected chi connectivity index (χ0v) is 15.6. The molecular formula is C16H22N6O5. The van der Waals surface area contributed by atoms with Crippen molar-refractivity contribution in [3.05, 3.63) is 22.8 Å². The summed E-state index contributed by atoms with van der Waals surface area (Å²) < 4.78 is 11.4. The van der Waals surface area contributed by atoms with E-state index in [-0.39, 0.29) is 30.8 Å². The first-order valence-electron chi connectivity index (χ1n) is 8.46. The predicted molar refractivity (Wildman–Crippen MR) is 91.3 cm³/mol. The van der Waals surface area contributed by atoms with Crippen molar-refractivity contribution in [2.24, 2.45) is 7.05 Å². The fourth-order valence-corrected chi connectivity index (χ4v) is 3.19.